The number of nitrogens with zero attached hydrogens (tertiary/aromatic N) is 4. The Hall–Kier alpha value is -3.02. The van der Waals surface area contributed by atoms with Crippen molar-refractivity contribution in [3.63, 3.8) is 0 Å². The third kappa shape index (κ3) is 3.79. The van der Waals surface area contributed by atoms with Gasteiger partial charge in [-0.15, -0.1) is 0 Å². The number of carbonyl (C=O) groups is 1. The molecular weight excluding hydrogens is 290 g/mol. The van der Waals surface area contributed by atoms with Crippen LogP contribution in [0.3, 0.4) is 0 Å². The van der Waals surface area contributed by atoms with E-state index in [0.29, 0.717) is 13.0 Å². The quantitative estimate of drug-likeness (QED) is 0.779. The first kappa shape index (κ1) is 14.9. The molecular formula is C17H17N5O. The van der Waals surface area contributed by atoms with Crippen LogP contribution in [0.25, 0.3) is 11.3 Å². The standard InChI is InChI=1S/C17H17N5O/c1-22-16(4-6-21-22)15-7-14(10-19-12-15)11-20-17(23)8-13-3-2-5-18-9-13/h2-7,9-10,12H,8,11H2,1H3,(H,20,23). The Morgan fingerprint density at radius 1 is 1.13 bits per heavy atom. The molecule has 3 rings (SSSR count). The number of pyridine rings is 2. The van der Waals surface area contributed by atoms with Crippen LogP contribution < -0.4 is 5.32 Å². The fraction of sp³-hybridized carbons (Fsp3) is 0.176. The van der Waals surface area contributed by atoms with Crippen molar-refractivity contribution in [3.8, 4) is 11.3 Å². The molecule has 3 aromatic heterocycles. The molecule has 0 aliphatic heterocycles. The molecule has 1 amide bonds. The lowest BCUT2D eigenvalue weighted by Gasteiger charge is -2.07. The number of amides is 1. The zero-order valence-corrected chi connectivity index (χ0v) is 12.8. The first-order valence-electron chi connectivity index (χ1n) is 7.30. The molecule has 0 aliphatic carbocycles. The zero-order chi connectivity index (χ0) is 16.1. The van der Waals surface area contributed by atoms with Crippen molar-refractivity contribution >= 4 is 5.91 Å². The monoisotopic (exact) mass is 307 g/mol. The average Bonchev–Trinajstić information content (AvgIpc) is 3.00. The van der Waals surface area contributed by atoms with E-state index in [0.717, 1.165) is 22.4 Å². The molecule has 0 saturated heterocycles. The summed E-state index contributed by atoms with van der Waals surface area (Å²) in [5.41, 5.74) is 3.81. The molecule has 1 N–H and O–H groups in total. The lowest BCUT2D eigenvalue weighted by Crippen LogP contribution is -2.24. The highest BCUT2D eigenvalue weighted by atomic mass is 16.1. The second-order valence-corrected chi connectivity index (χ2v) is 5.24. The van der Waals surface area contributed by atoms with Crippen molar-refractivity contribution in [2.24, 2.45) is 7.05 Å². The largest absolute Gasteiger partial charge is 0.352 e. The summed E-state index contributed by atoms with van der Waals surface area (Å²) in [5.74, 6) is -0.0380. The summed E-state index contributed by atoms with van der Waals surface area (Å²) >= 11 is 0. The zero-order valence-electron chi connectivity index (χ0n) is 12.8. The van der Waals surface area contributed by atoms with E-state index in [9.17, 15) is 4.79 Å². The van der Waals surface area contributed by atoms with Crippen LogP contribution in [0.1, 0.15) is 11.1 Å². The van der Waals surface area contributed by atoms with Gasteiger partial charge in [0.2, 0.25) is 5.91 Å². The second-order valence-electron chi connectivity index (χ2n) is 5.24. The van der Waals surface area contributed by atoms with E-state index < -0.39 is 0 Å². The number of aromatic nitrogens is 4. The minimum Gasteiger partial charge on any atom is -0.352 e. The summed E-state index contributed by atoms with van der Waals surface area (Å²) < 4.78 is 1.79. The van der Waals surface area contributed by atoms with Crippen LogP contribution >= 0.6 is 0 Å². The van der Waals surface area contributed by atoms with E-state index in [-0.39, 0.29) is 5.91 Å². The molecule has 6 heteroatoms. The molecule has 0 aliphatic rings. The van der Waals surface area contributed by atoms with Crippen LogP contribution in [-0.2, 0) is 24.8 Å². The third-order valence-electron chi connectivity index (χ3n) is 3.49. The van der Waals surface area contributed by atoms with Crippen LogP contribution in [-0.4, -0.2) is 25.7 Å². The van der Waals surface area contributed by atoms with Gasteiger partial charge in [0.05, 0.1) is 12.1 Å². The van der Waals surface area contributed by atoms with Gasteiger partial charge in [-0.1, -0.05) is 6.07 Å². The number of nitrogens with one attached hydrogen (secondary N) is 1. The van der Waals surface area contributed by atoms with Gasteiger partial charge in [-0.25, -0.2) is 0 Å². The minimum atomic E-state index is -0.0380. The van der Waals surface area contributed by atoms with Gasteiger partial charge in [-0.3, -0.25) is 19.4 Å². The Bertz CT molecular complexity index is 798. The van der Waals surface area contributed by atoms with Gasteiger partial charge in [0.25, 0.3) is 0 Å². The van der Waals surface area contributed by atoms with Gasteiger partial charge < -0.3 is 5.32 Å². The molecule has 0 saturated carbocycles. The summed E-state index contributed by atoms with van der Waals surface area (Å²) in [6.07, 6.45) is 9.00. The van der Waals surface area contributed by atoms with Gasteiger partial charge in [-0.2, -0.15) is 5.10 Å². The average molecular weight is 307 g/mol. The Labute approximate surface area is 134 Å². The molecule has 3 heterocycles. The molecule has 0 fully saturated rings. The van der Waals surface area contributed by atoms with E-state index in [1.54, 1.807) is 35.7 Å². The molecule has 0 bridgehead atoms. The van der Waals surface area contributed by atoms with Gasteiger partial charge in [0, 0.05) is 50.1 Å². The lowest BCUT2D eigenvalue weighted by atomic mass is 10.1. The van der Waals surface area contributed by atoms with Crippen LogP contribution in [0.15, 0.2) is 55.2 Å². The topological polar surface area (TPSA) is 72.7 Å². The molecule has 0 aromatic carbocycles. The van der Waals surface area contributed by atoms with Crippen LogP contribution in [0.5, 0.6) is 0 Å². The first-order valence-corrected chi connectivity index (χ1v) is 7.30. The maximum Gasteiger partial charge on any atom is 0.224 e. The number of hydrogen-bond donors (Lipinski definition) is 1. The summed E-state index contributed by atoms with van der Waals surface area (Å²) in [7, 11) is 1.89. The van der Waals surface area contributed by atoms with Crippen LogP contribution in [0.2, 0.25) is 0 Å². The molecule has 116 valence electrons. The van der Waals surface area contributed by atoms with Crippen molar-refractivity contribution in [1.82, 2.24) is 25.1 Å². The Morgan fingerprint density at radius 3 is 2.74 bits per heavy atom. The Morgan fingerprint density at radius 2 is 2.00 bits per heavy atom. The SMILES string of the molecule is Cn1nccc1-c1cncc(CNC(=O)Cc2cccnc2)c1. The summed E-state index contributed by atoms with van der Waals surface area (Å²) in [6, 6.07) is 7.65. The molecule has 0 spiro atoms. The van der Waals surface area contributed by atoms with Gasteiger partial charge in [0.15, 0.2) is 0 Å². The number of aryl methyl sites for hydroxylation is 1. The van der Waals surface area contributed by atoms with Crippen molar-refractivity contribution in [3.05, 3.63) is 66.4 Å². The fourth-order valence-corrected chi connectivity index (χ4v) is 2.33. The normalized spacial score (nSPS) is 10.5. The molecule has 0 atom stereocenters. The smallest absolute Gasteiger partial charge is 0.224 e. The predicted molar refractivity (Wildman–Crippen MR) is 86.2 cm³/mol. The third-order valence-corrected chi connectivity index (χ3v) is 3.49. The fourth-order valence-electron chi connectivity index (χ4n) is 2.33. The van der Waals surface area contributed by atoms with E-state index in [2.05, 4.69) is 20.4 Å². The number of carbonyl (C=O) groups excluding carboxylic acids is 1. The van der Waals surface area contributed by atoms with Crippen LogP contribution in [0.4, 0.5) is 0 Å². The molecule has 23 heavy (non-hydrogen) atoms. The Kier molecular flexibility index (Phi) is 4.42. The molecule has 3 aromatic rings. The first-order chi connectivity index (χ1) is 11.2. The molecule has 0 radical (unpaired) electrons. The van der Waals surface area contributed by atoms with Crippen molar-refractivity contribution in [1.29, 1.82) is 0 Å². The highest BCUT2D eigenvalue weighted by molar-refractivity contribution is 5.78. The lowest BCUT2D eigenvalue weighted by molar-refractivity contribution is -0.120. The number of rotatable bonds is 5. The highest BCUT2D eigenvalue weighted by Crippen LogP contribution is 2.18. The van der Waals surface area contributed by atoms with Crippen LogP contribution in [0, 0.1) is 0 Å². The highest BCUT2D eigenvalue weighted by Gasteiger charge is 2.06. The summed E-state index contributed by atoms with van der Waals surface area (Å²) in [4.78, 5) is 20.2. The predicted octanol–water partition coefficient (Wildman–Crippen LogP) is 1.74. The van der Waals surface area contributed by atoms with Gasteiger partial charge in [-0.05, 0) is 29.3 Å². The van der Waals surface area contributed by atoms with E-state index >= 15 is 0 Å². The molecule has 0 unspecified atom stereocenters. The van der Waals surface area contributed by atoms with Crippen molar-refractivity contribution in [2.45, 2.75) is 13.0 Å². The summed E-state index contributed by atoms with van der Waals surface area (Å²) in [6.45, 7) is 0.442. The second kappa shape index (κ2) is 6.83. The van der Waals surface area contributed by atoms with E-state index in [1.807, 2.05) is 31.3 Å². The van der Waals surface area contributed by atoms with E-state index in [1.165, 1.54) is 0 Å². The van der Waals surface area contributed by atoms with Crippen molar-refractivity contribution in [2.75, 3.05) is 0 Å². The number of hydrogen-bond acceptors (Lipinski definition) is 4. The van der Waals surface area contributed by atoms with Gasteiger partial charge in [0.1, 0.15) is 0 Å². The Balaban J connectivity index is 1.62. The maximum atomic E-state index is 12.0. The maximum absolute atomic E-state index is 12.0. The van der Waals surface area contributed by atoms with E-state index in [4.69, 9.17) is 0 Å². The molecule has 6 nitrogen and oxygen atoms in total. The van der Waals surface area contributed by atoms with Crippen molar-refractivity contribution < 1.29 is 4.79 Å². The summed E-state index contributed by atoms with van der Waals surface area (Å²) in [5, 5.41) is 7.06. The minimum absolute atomic E-state index is 0.0380. The van der Waals surface area contributed by atoms with Gasteiger partial charge >= 0.3 is 0 Å².